The van der Waals surface area contributed by atoms with Gasteiger partial charge in [-0.05, 0) is 99.9 Å². The van der Waals surface area contributed by atoms with Gasteiger partial charge in [0.15, 0.2) is 5.82 Å². The van der Waals surface area contributed by atoms with Crippen molar-refractivity contribution >= 4 is 87.2 Å². The van der Waals surface area contributed by atoms with Gasteiger partial charge >= 0.3 is 0 Å². The number of hydrogen-bond donors (Lipinski definition) is 3. The molecule has 2 unspecified atom stereocenters. The molecule has 0 spiro atoms. The minimum atomic E-state index is -1.22. The van der Waals surface area contributed by atoms with Gasteiger partial charge in [0.1, 0.15) is 29.0 Å². The summed E-state index contributed by atoms with van der Waals surface area (Å²) in [5.74, 6) is 0.884. The Bertz CT molecular complexity index is 2490. The molecule has 1 aromatic heterocycles. The highest BCUT2D eigenvalue weighted by molar-refractivity contribution is 7.92. The number of aryl methyl sites for hydroxylation is 1. The zero-order valence-electron chi connectivity index (χ0n) is 40.2. The van der Waals surface area contributed by atoms with Crippen LogP contribution in [0.25, 0.3) is 0 Å². The van der Waals surface area contributed by atoms with Crippen LogP contribution in [0, 0.1) is 12.8 Å². The van der Waals surface area contributed by atoms with Crippen LogP contribution in [-0.2, 0) is 21.0 Å². The Kier molecular flexibility index (Phi) is 16.1. The van der Waals surface area contributed by atoms with E-state index in [1.165, 1.54) is 13.5 Å². The predicted octanol–water partition coefficient (Wildman–Crippen LogP) is 6.25. The van der Waals surface area contributed by atoms with Crippen molar-refractivity contribution in [1.82, 2.24) is 30.0 Å². The average molecular weight is 983 g/mol. The van der Waals surface area contributed by atoms with Gasteiger partial charge in [-0.1, -0.05) is 23.7 Å². The maximum Gasteiger partial charge on any atom is 0.262 e. The van der Waals surface area contributed by atoms with E-state index in [1.807, 2.05) is 30.3 Å². The number of methoxy groups -OCH3 is 1. The number of halogens is 1. The molecule has 0 aliphatic carbocycles. The summed E-state index contributed by atoms with van der Waals surface area (Å²) in [5, 5.41) is 9.50. The molecule has 0 saturated carbocycles. The number of ether oxygens (including phenoxy) is 1. The van der Waals surface area contributed by atoms with Crippen molar-refractivity contribution in [2.45, 2.75) is 64.0 Å². The van der Waals surface area contributed by atoms with E-state index in [9.17, 15) is 23.7 Å². The number of carbonyl (C=O) groups excluding carboxylic acids is 4. The molecule has 4 aliphatic rings. The molecule has 17 nitrogen and oxygen atoms in total. The SMILES string of the molecule is CNC(=O)CCC(C=O)N1C(=O)c2ccc(N3CCC(CCN4CCN(C5CCN(c6cc(OC)c(Nc7ncc(Cl)c(Nc8ccccc8N(C)[S+](C)[O-])n7)cc6C)CC5)CC4)CC3)cc2C1=O. The number of imide groups is 1. The average Bonchev–Trinajstić information content (AvgIpc) is 3.62. The summed E-state index contributed by atoms with van der Waals surface area (Å²) < 4.78 is 19.8. The van der Waals surface area contributed by atoms with Crippen molar-refractivity contribution in [2.24, 2.45) is 5.92 Å². The third-order valence-corrected chi connectivity index (χ3v) is 15.5. The Hall–Kier alpha value is -5.66. The molecule has 4 aromatic rings. The van der Waals surface area contributed by atoms with E-state index in [2.05, 4.69) is 64.6 Å². The maximum absolute atomic E-state index is 13.4. The lowest BCUT2D eigenvalue weighted by atomic mass is 9.92. The third-order valence-electron chi connectivity index (χ3n) is 14.3. The van der Waals surface area contributed by atoms with Gasteiger partial charge in [0, 0.05) is 89.3 Å². The summed E-state index contributed by atoms with van der Waals surface area (Å²) in [6.07, 6.45) is 9.41. The number of amides is 3. The number of aldehydes is 1. The summed E-state index contributed by atoms with van der Waals surface area (Å²) in [6.45, 7) is 11.3. The number of nitrogens with zero attached hydrogens (tertiary/aromatic N) is 8. The highest BCUT2D eigenvalue weighted by atomic mass is 35.5. The van der Waals surface area contributed by atoms with Crippen molar-refractivity contribution < 1.29 is 28.5 Å². The van der Waals surface area contributed by atoms with Crippen LogP contribution in [-0.4, -0.2) is 152 Å². The first kappa shape index (κ1) is 49.8. The fourth-order valence-corrected chi connectivity index (χ4v) is 10.7. The van der Waals surface area contributed by atoms with Gasteiger partial charge in [0.25, 0.3) is 11.8 Å². The van der Waals surface area contributed by atoms with E-state index in [1.54, 1.807) is 43.0 Å². The van der Waals surface area contributed by atoms with Crippen molar-refractivity contribution in [1.29, 1.82) is 0 Å². The molecule has 3 amide bonds. The number of anilines is 7. The number of carbonyl (C=O) groups is 4. The van der Waals surface area contributed by atoms with E-state index in [0.717, 1.165) is 118 Å². The lowest BCUT2D eigenvalue weighted by Crippen LogP contribution is -2.53. The van der Waals surface area contributed by atoms with Crippen molar-refractivity contribution in [2.75, 3.05) is 111 Å². The molecule has 0 bridgehead atoms. The lowest BCUT2D eigenvalue weighted by molar-refractivity contribution is -0.121. The monoisotopic (exact) mass is 981 g/mol. The Morgan fingerprint density at radius 1 is 0.942 bits per heavy atom. The van der Waals surface area contributed by atoms with Gasteiger partial charge < -0.3 is 44.7 Å². The number of nitrogens with one attached hydrogen (secondary N) is 3. The van der Waals surface area contributed by atoms with E-state index in [0.29, 0.717) is 57.6 Å². The second kappa shape index (κ2) is 22.4. The quantitative estimate of drug-likeness (QED) is 0.0578. The van der Waals surface area contributed by atoms with Gasteiger partial charge in [0.2, 0.25) is 11.9 Å². The first-order valence-corrected chi connectivity index (χ1v) is 25.8. The largest absolute Gasteiger partial charge is 0.593 e. The highest BCUT2D eigenvalue weighted by Gasteiger charge is 2.40. The molecule has 3 N–H and O–H groups in total. The van der Waals surface area contributed by atoms with Gasteiger partial charge in [-0.2, -0.15) is 9.29 Å². The van der Waals surface area contributed by atoms with E-state index < -0.39 is 29.2 Å². The minimum Gasteiger partial charge on any atom is -0.593 e. The first-order chi connectivity index (χ1) is 33.3. The molecule has 2 atom stereocenters. The third kappa shape index (κ3) is 11.4. The van der Waals surface area contributed by atoms with Gasteiger partial charge in [0.05, 0.1) is 60.3 Å². The normalized spacial score (nSPS) is 18.2. The smallest absolute Gasteiger partial charge is 0.262 e. The zero-order valence-corrected chi connectivity index (χ0v) is 41.8. The molecule has 3 aromatic carbocycles. The summed E-state index contributed by atoms with van der Waals surface area (Å²) in [5.41, 5.74) is 6.03. The Labute approximate surface area is 413 Å². The van der Waals surface area contributed by atoms with E-state index in [-0.39, 0.29) is 18.7 Å². The molecule has 0 radical (unpaired) electrons. The number of fused-ring (bicyclic) bond motifs is 1. The molecular formula is C50H64ClN11O6S. The van der Waals surface area contributed by atoms with E-state index >= 15 is 0 Å². The Balaban J connectivity index is 0.775. The number of benzene rings is 3. The number of piperazine rings is 1. The highest BCUT2D eigenvalue weighted by Crippen LogP contribution is 2.38. The molecule has 4 aliphatic heterocycles. The molecule has 8 rings (SSSR count). The number of hydrogen-bond acceptors (Lipinski definition) is 15. The van der Waals surface area contributed by atoms with Crippen LogP contribution in [0.3, 0.4) is 0 Å². The summed E-state index contributed by atoms with van der Waals surface area (Å²) >= 11 is 5.33. The number of para-hydroxylation sites is 2. The molecule has 368 valence electrons. The maximum atomic E-state index is 13.4. The van der Waals surface area contributed by atoms with Gasteiger partial charge in [-0.25, -0.2) is 4.98 Å². The second-order valence-corrected chi connectivity index (χ2v) is 20.2. The number of piperidine rings is 2. The zero-order chi connectivity index (χ0) is 48.8. The standard InChI is InChI=1S/C50H64ClN11O6S/c1-33-28-42(55-50-53-31-40(51)47(56-50)54-41-8-6-7-9-43(41)57(3)69(5)67)45(68-4)30-44(33)61-22-17-35(18-23-61)60-26-24-58(25-27-60)19-14-34-15-20-59(21-16-34)36-10-12-38-39(29-36)49(66)62(48(38)65)37(32-63)11-13-46(64)52-2/h6-10,12,28-32,34-35,37H,11,13-27H2,1-5H3,(H,52,64)(H2,53,54,55,56). The van der Waals surface area contributed by atoms with Crippen LogP contribution < -0.4 is 34.8 Å². The predicted molar refractivity (Wildman–Crippen MR) is 273 cm³/mol. The second-order valence-electron chi connectivity index (χ2n) is 18.4. The molecule has 3 saturated heterocycles. The number of aromatic nitrogens is 2. The Morgan fingerprint density at radius 2 is 1.65 bits per heavy atom. The molecular weight excluding hydrogens is 918 g/mol. The summed E-state index contributed by atoms with van der Waals surface area (Å²) in [6, 6.07) is 16.7. The van der Waals surface area contributed by atoms with Crippen molar-refractivity contribution in [3.05, 3.63) is 82.5 Å². The van der Waals surface area contributed by atoms with Crippen LogP contribution in [0.5, 0.6) is 5.75 Å². The minimum absolute atomic E-state index is 0.0484. The van der Waals surface area contributed by atoms with E-state index in [4.69, 9.17) is 16.3 Å². The fourth-order valence-electron chi connectivity index (χ4n) is 10.1. The molecule has 69 heavy (non-hydrogen) atoms. The van der Waals surface area contributed by atoms with Crippen LogP contribution in [0.4, 0.5) is 40.2 Å². The van der Waals surface area contributed by atoms with Crippen LogP contribution in [0.2, 0.25) is 5.02 Å². The Morgan fingerprint density at radius 3 is 2.35 bits per heavy atom. The summed E-state index contributed by atoms with van der Waals surface area (Å²) in [7, 11) is 4.95. The topological polar surface area (TPSA) is 182 Å². The summed E-state index contributed by atoms with van der Waals surface area (Å²) in [4.78, 5) is 70.4. The van der Waals surface area contributed by atoms with Crippen molar-refractivity contribution in [3.8, 4) is 5.75 Å². The van der Waals surface area contributed by atoms with Crippen LogP contribution in [0.1, 0.15) is 71.2 Å². The molecule has 3 fully saturated rings. The fraction of sp³-hybridized carbons (Fsp3) is 0.480. The van der Waals surface area contributed by atoms with Gasteiger partial charge in [-0.3, -0.25) is 24.2 Å². The van der Waals surface area contributed by atoms with Crippen LogP contribution >= 0.6 is 11.6 Å². The van der Waals surface area contributed by atoms with Crippen molar-refractivity contribution in [3.63, 3.8) is 0 Å². The number of rotatable bonds is 18. The van der Waals surface area contributed by atoms with Gasteiger partial charge in [-0.15, -0.1) is 0 Å². The molecule has 5 heterocycles. The molecule has 19 heteroatoms. The van der Waals surface area contributed by atoms with Crippen LogP contribution in [0.15, 0.2) is 60.8 Å². The first-order valence-electron chi connectivity index (χ1n) is 23.9. The lowest BCUT2D eigenvalue weighted by Gasteiger charge is -2.44.